The van der Waals surface area contributed by atoms with E-state index in [4.69, 9.17) is 0 Å². The summed E-state index contributed by atoms with van der Waals surface area (Å²) in [7, 11) is 1.25. The van der Waals surface area contributed by atoms with Crippen LogP contribution in [0.15, 0.2) is 29.6 Å². The number of hydrogen-bond donors (Lipinski definition) is 0. The Bertz CT molecular complexity index is 824. The summed E-state index contributed by atoms with van der Waals surface area (Å²) in [4.78, 5) is 30.1. The summed E-state index contributed by atoms with van der Waals surface area (Å²) in [6, 6.07) is 4.08. The molecule has 0 atom stereocenters. The summed E-state index contributed by atoms with van der Waals surface area (Å²) < 4.78 is 42.7. The van der Waals surface area contributed by atoms with Gasteiger partial charge in [-0.3, -0.25) is 4.79 Å². The van der Waals surface area contributed by atoms with Crippen molar-refractivity contribution in [3.05, 3.63) is 51.5 Å². The molecule has 0 radical (unpaired) electrons. The van der Waals surface area contributed by atoms with Crippen molar-refractivity contribution in [2.75, 3.05) is 7.11 Å². The highest BCUT2D eigenvalue weighted by atomic mass is 32.1. The lowest BCUT2D eigenvalue weighted by Crippen LogP contribution is -2.45. The summed E-state index contributed by atoms with van der Waals surface area (Å²) in [5, 5.41) is 2.05. The molecule has 0 spiro atoms. The quantitative estimate of drug-likeness (QED) is 0.715. The van der Waals surface area contributed by atoms with E-state index in [9.17, 15) is 22.8 Å². The van der Waals surface area contributed by atoms with Gasteiger partial charge in [0.1, 0.15) is 5.01 Å². The SMILES string of the molecule is COC(=O)c1csc(CN(C(=O)c2ccc(C(F)(F)F)cc2)C(C)(C)C)n1. The van der Waals surface area contributed by atoms with Crippen LogP contribution in [0.4, 0.5) is 13.2 Å². The third-order valence-electron chi connectivity index (χ3n) is 3.75. The van der Waals surface area contributed by atoms with Crippen LogP contribution < -0.4 is 0 Å². The molecule has 0 aliphatic carbocycles. The number of ether oxygens (including phenoxy) is 1. The summed E-state index contributed by atoms with van der Waals surface area (Å²) in [5.41, 5.74) is -1.14. The Morgan fingerprint density at radius 2 is 1.74 bits per heavy atom. The Labute approximate surface area is 158 Å². The average Bonchev–Trinajstić information content (AvgIpc) is 3.05. The molecule has 0 aliphatic heterocycles. The number of rotatable bonds is 4. The van der Waals surface area contributed by atoms with Gasteiger partial charge < -0.3 is 9.64 Å². The molecule has 1 heterocycles. The monoisotopic (exact) mass is 400 g/mol. The molecule has 1 amide bonds. The van der Waals surface area contributed by atoms with Crippen molar-refractivity contribution in [1.82, 2.24) is 9.88 Å². The Balaban J connectivity index is 2.27. The summed E-state index contributed by atoms with van der Waals surface area (Å²) in [6.45, 7) is 5.54. The van der Waals surface area contributed by atoms with E-state index < -0.39 is 29.2 Å². The van der Waals surface area contributed by atoms with E-state index in [0.29, 0.717) is 5.01 Å². The van der Waals surface area contributed by atoms with Crippen LogP contribution in [0.1, 0.15) is 52.2 Å². The largest absolute Gasteiger partial charge is 0.464 e. The number of methoxy groups -OCH3 is 1. The highest BCUT2D eigenvalue weighted by Gasteiger charge is 2.32. The van der Waals surface area contributed by atoms with Crippen LogP contribution >= 0.6 is 11.3 Å². The number of nitrogens with zero attached hydrogens (tertiary/aromatic N) is 2. The van der Waals surface area contributed by atoms with E-state index in [0.717, 1.165) is 24.3 Å². The molecule has 5 nitrogen and oxygen atoms in total. The van der Waals surface area contributed by atoms with Crippen molar-refractivity contribution >= 4 is 23.2 Å². The second-order valence-corrected chi connectivity index (χ2v) is 7.70. The van der Waals surface area contributed by atoms with E-state index in [2.05, 4.69) is 9.72 Å². The fourth-order valence-electron chi connectivity index (χ4n) is 2.29. The minimum Gasteiger partial charge on any atom is -0.464 e. The van der Waals surface area contributed by atoms with Gasteiger partial charge in [0.05, 0.1) is 19.2 Å². The number of carbonyl (C=O) groups is 2. The minimum absolute atomic E-state index is 0.116. The van der Waals surface area contributed by atoms with Gasteiger partial charge in [0.25, 0.3) is 5.91 Å². The van der Waals surface area contributed by atoms with Gasteiger partial charge in [-0.1, -0.05) is 0 Å². The second kappa shape index (κ2) is 7.67. The number of amides is 1. The first-order valence-electron chi connectivity index (χ1n) is 7.95. The molecule has 2 rings (SSSR count). The van der Waals surface area contributed by atoms with Crippen molar-refractivity contribution in [1.29, 1.82) is 0 Å². The third kappa shape index (κ3) is 5.06. The minimum atomic E-state index is -4.46. The lowest BCUT2D eigenvalue weighted by Gasteiger charge is -2.35. The molecule has 2 aromatic rings. The van der Waals surface area contributed by atoms with Crippen LogP contribution in [-0.4, -0.2) is 34.4 Å². The molecule has 0 fully saturated rings. The van der Waals surface area contributed by atoms with E-state index in [1.165, 1.54) is 28.7 Å². The van der Waals surface area contributed by atoms with Gasteiger partial charge in [-0.2, -0.15) is 13.2 Å². The molecule has 0 unspecified atom stereocenters. The molecular weight excluding hydrogens is 381 g/mol. The van der Waals surface area contributed by atoms with E-state index in [-0.39, 0.29) is 17.8 Å². The summed E-state index contributed by atoms with van der Waals surface area (Å²) in [6.07, 6.45) is -4.46. The molecule has 1 aromatic carbocycles. The molecule has 146 valence electrons. The highest BCUT2D eigenvalue weighted by molar-refractivity contribution is 7.09. The number of thiazole rings is 1. The Hall–Kier alpha value is -2.42. The number of benzene rings is 1. The standard InChI is InChI=1S/C18H19F3N2O3S/c1-17(2,3)23(9-14-22-13(10-27-14)16(25)26-4)15(24)11-5-7-12(8-6-11)18(19,20)21/h5-8,10H,9H2,1-4H3. The van der Waals surface area contributed by atoms with E-state index in [1.807, 2.05) is 20.8 Å². The van der Waals surface area contributed by atoms with Crippen LogP contribution in [0.3, 0.4) is 0 Å². The number of halogens is 3. The van der Waals surface area contributed by atoms with Crippen molar-refractivity contribution in [2.45, 2.75) is 39.0 Å². The Kier molecular flexibility index (Phi) is 5.94. The van der Waals surface area contributed by atoms with Crippen LogP contribution in [-0.2, 0) is 17.5 Å². The maximum Gasteiger partial charge on any atom is 0.416 e. The summed E-state index contributed by atoms with van der Waals surface area (Å²) in [5.74, 6) is -1.00. The maximum atomic E-state index is 12.9. The smallest absolute Gasteiger partial charge is 0.416 e. The van der Waals surface area contributed by atoms with Gasteiger partial charge in [-0.05, 0) is 45.0 Å². The first kappa shape index (κ1) is 20.9. The predicted molar refractivity (Wildman–Crippen MR) is 94.5 cm³/mol. The summed E-state index contributed by atoms with van der Waals surface area (Å²) >= 11 is 1.20. The maximum absolute atomic E-state index is 12.9. The molecular formula is C18H19F3N2O3S. The fourth-order valence-corrected chi connectivity index (χ4v) is 3.04. The van der Waals surface area contributed by atoms with Gasteiger partial charge in [0.2, 0.25) is 0 Å². The normalized spacial score (nSPS) is 12.0. The number of hydrogen-bond acceptors (Lipinski definition) is 5. The lowest BCUT2D eigenvalue weighted by molar-refractivity contribution is -0.137. The zero-order chi connectivity index (χ0) is 20.4. The molecule has 0 bridgehead atoms. The Morgan fingerprint density at radius 1 is 1.15 bits per heavy atom. The average molecular weight is 400 g/mol. The molecule has 0 saturated heterocycles. The zero-order valence-corrected chi connectivity index (χ0v) is 16.1. The van der Waals surface area contributed by atoms with Crippen molar-refractivity contribution in [3.63, 3.8) is 0 Å². The van der Waals surface area contributed by atoms with Gasteiger partial charge in [-0.15, -0.1) is 11.3 Å². The van der Waals surface area contributed by atoms with Gasteiger partial charge in [-0.25, -0.2) is 9.78 Å². The van der Waals surface area contributed by atoms with E-state index in [1.54, 1.807) is 0 Å². The number of alkyl halides is 3. The van der Waals surface area contributed by atoms with Gasteiger partial charge >= 0.3 is 12.1 Å². The molecule has 0 N–H and O–H groups in total. The fraction of sp³-hybridized carbons (Fsp3) is 0.389. The predicted octanol–water partition coefficient (Wildman–Crippen LogP) is 4.39. The van der Waals surface area contributed by atoms with Crippen LogP contribution in [0.5, 0.6) is 0 Å². The first-order chi connectivity index (χ1) is 12.4. The lowest BCUT2D eigenvalue weighted by atomic mass is 10.0. The third-order valence-corrected chi connectivity index (χ3v) is 4.59. The van der Waals surface area contributed by atoms with Crippen molar-refractivity contribution < 1.29 is 27.5 Å². The van der Waals surface area contributed by atoms with Crippen molar-refractivity contribution in [2.24, 2.45) is 0 Å². The second-order valence-electron chi connectivity index (χ2n) is 6.76. The molecule has 0 saturated carbocycles. The molecule has 0 aliphatic rings. The number of aromatic nitrogens is 1. The molecule has 1 aromatic heterocycles. The number of esters is 1. The molecule has 9 heteroatoms. The van der Waals surface area contributed by atoms with Crippen LogP contribution in [0.25, 0.3) is 0 Å². The van der Waals surface area contributed by atoms with E-state index >= 15 is 0 Å². The van der Waals surface area contributed by atoms with Crippen LogP contribution in [0, 0.1) is 0 Å². The number of carbonyl (C=O) groups excluding carboxylic acids is 2. The van der Waals surface area contributed by atoms with Gasteiger partial charge in [0, 0.05) is 16.5 Å². The molecule has 27 heavy (non-hydrogen) atoms. The Morgan fingerprint density at radius 3 is 2.22 bits per heavy atom. The van der Waals surface area contributed by atoms with Crippen molar-refractivity contribution in [3.8, 4) is 0 Å². The first-order valence-corrected chi connectivity index (χ1v) is 8.83. The topological polar surface area (TPSA) is 59.5 Å². The highest BCUT2D eigenvalue weighted by Crippen LogP contribution is 2.30. The van der Waals surface area contributed by atoms with Crippen LogP contribution in [0.2, 0.25) is 0 Å². The van der Waals surface area contributed by atoms with Gasteiger partial charge in [0.15, 0.2) is 5.69 Å². The zero-order valence-electron chi connectivity index (χ0n) is 15.3.